The van der Waals surface area contributed by atoms with Gasteiger partial charge in [0, 0.05) is 30.2 Å². The normalized spacial score (nSPS) is 18.9. The van der Waals surface area contributed by atoms with Crippen molar-refractivity contribution in [2.24, 2.45) is 5.92 Å². The third-order valence-electron chi connectivity index (χ3n) is 3.95. The lowest BCUT2D eigenvalue weighted by atomic mass is 10.1. The zero-order chi connectivity index (χ0) is 15.2. The Morgan fingerprint density at radius 1 is 1.43 bits per heavy atom. The molecule has 0 saturated carbocycles. The fraction of sp³-hybridized carbons (Fsp3) is 0.647. The molecule has 0 aromatic heterocycles. The number of benzene rings is 1. The summed E-state index contributed by atoms with van der Waals surface area (Å²) in [5, 5.41) is 3.49. The molecule has 0 spiro atoms. The van der Waals surface area contributed by atoms with Crippen molar-refractivity contribution in [3.63, 3.8) is 0 Å². The molecule has 1 aromatic rings. The topological polar surface area (TPSA) is 24.5 Å². The summed E-state index contributed by atoms with van der Waals surface area (Å²) in [7, 11) is 2.18. The lowest BCUT2D eigenvalue weighted by Crippen LogP contribution is -2.31. The molecule has 3 nitrogen and oxygen atoms in total. The highest BCUT2D eigenvalue weighted by Crippen LogP contribution is 2.22. The Morgan fingerprint density at radius 2 is 2.24 bits per heavy atom. The Bertz CT molecular complexity index is 444. The molecule has 1 heterocycles. The molecule has 0 radical (unpaired) electrons. The van der Waals surface area contributed by atoms with Gasteiger partial charge in [0.05, 0.1) is 6.61 Å². The van der Waals surface area contributed by atoms with Crippen LogP contribution < -0.4 is 5.32 Å². The van der Waals surface area contributed by atoms with E-state index < -0.39 is 0 Å². The highest BCUT2D eigenvalue weighted by molar-refractivity contribution is 9.10. The summed E-state index contributed by atoms with van der Waals surface area (Å²) in [6.07, 6.45) is 1.14. The van der Waals surface area contributed by atoms with Gasteiger partial charge in [0.25, 0.3) is 0 Å². The number of rotatable bonds is 7. The van der Waals surface area contributed by atoms with E-state index in [0.29, 0.717) is 12.0 Å². The van der Waals surface area contributed by atoms with Crippen LogP contribution in [-0.4, -0.2) is 37.7 Å². The number of nitrogens with zero attached hydrogens (tertiary/aromatic N) is 1. The van der Waals surface area contributed by atoms with Gasteiger partial charge in [-0.05, 0) is 43.1 Å². The highest BCUT2D eigenvalue weighted by atomic mass is 79.9. The van der Waals surface area contributed by atoms with Crippen molar-refractivity contribution in [3.8, 4) is 0 Å². The number of likely N-dealkylation sites (N-methyl/N-ethyl adjacent to an activating group) is 1. The third kappa shape index (κ3) is 5.37. The molecule has 0 amide bonds. The second-order valence-corrected chi connectivity index (χ2v) is 7.24. The molecule has 1 unspecified atom stereocenters. The third-order valence-corrected chi connectivity index (χ3v) is 4.69. The molecule has 118 valence electrons. The Labute approximate surface area is 137 Å². The van der Waals surface area contributed by atoms with E-state index in [9.17, 15) is 0 Å². The zero-order valence-electron chi connectivity index (χ0n) is 13.4. The van der Waals surface area contributed by atoms with Crippen LogP contribution in [0, 0.1) is 5.92 Å². The average Bonchev–Trinajstić information content (AvgIpc) is 2.95. The molecule has 0 aliphatic carbocycles. The molecular weight excluding hydrogens is 328 g/mol. The second-order valence-electron chi connectivity index (χ2n) is 6.38. The summed E-state index contributed by atoms with van der Waals surface area (Å²) in [5.74, 6) is 0.690. The van der Waals surface area contributed by atoms with E-state index in [0.717, 1.165) is 39.3 Å². The van der Waals surface area contributed by atoms with Crippen LogP contribution in [0.25, 0.3) is 0 Å². The summed E-state index contributed by atoms with van der Waals surface area (Å²) < 4.78 is 6.67. The van der Waals surface area contributed by atoms with Crippen LogP contribution in [-0.2, 0) is 17.8 Å². The fourth-order valence-corrected chi connectivity index (χ4v) is 3.15. The van der Waals surface area contributed by atoms with Gasteiger partial charge in [-0.1, -0.05) is 41.9 Å². The van der Waals surface area contributed by atoms with E-state index >= 15 is 0 Å². The van der Waals surface area contributed by atoms with Crippen molar-refractivity contribution < 1.29 is 4.74 Å². The quantitative estimate of drug-likeness (QED) is 0.811. The molecule has 1 aliphatic rings. The van der Waals surface area contributed by atoms with Crippen LogP contribution in [0.2, 0.25) is 0 Å². The summed E-state index contributed by atoms with van der Waals surface area (Å²) in [6.45, 7) is 9.19. The standard InChI is InChI=1S/C17H27BrN2O/c1-13(2)9-19-10-14-4-5-15(17(18)8-14)11-20(3)16-6-7-21-12-16/h4-5,8,13,16,19H,6-7,9-12H2,1-3H3. The van der Waals surface area contributed by atoms with Gasteiger partial charge in [-0.25, -0.2) is 0 Å². The largest absolute Gasteiger partial charge is 0.380 e. The molecule has 1 N–H and O–H groups in total. The number of ether oxygens (including phenoxy) is 1. The Hall–Kier alpha value is -0.420. The van der Waals surface area contributed by atoms with E-state index in [1.165, 1.54) is 15.6 Å². The highest BCUT2D eigenvalue weighted by Gasteiger charge is 2.20. The number of hydrogen-bond acceptors (Lipinski definition) is 3. The predicted octanol–water partition coefficient (Wildman–Crippen LogP) is 3.42. The van der Waals surface area contributed by atoms with E-state index in [4.69, 9.17) is 4.74 Å². The van der Waals surface area contributed by atoms with Crippen LogP contribution in [0.1, 0.15) is 31.4 Å². The molecule has 0 bridgehead atoms. The van der Waals surface area contributed by atoms with Crippen LogP contribution >= 0.6 is 15.9 Å². The first-order chi connectivity index (χ1) is 10.1. The summed E-state index contributed by atoms with van der Waals surface area (Å²) in [5.41, 5.74) is 2.68. The van der Waals surface area contributed by atoms with Gasteiger partial charge in [-0.3, -0.25) is 4.90 Å². The van der Waals surface area contributed by atoms with Crippen molar-refractivity contribution in [2.45, 2.75) is 39.4 Å². The SMILES string of the molecule is CC(C)CNCc1ccc(CN(C)C2CCOC2)c(Br)c1. The lowest BCUT2D eigenvalue weighted by molar-refractivity contribution is 0.156. The van der Waals surface area contributed by atoms with Gasteiger partial charge in [0.1, 0.15) is 0 Å². The summed E-state index contributed by atoms with van der Waals surface area (Å²) in [4.78, 5) is 2.39. The van der Waals surface area contributed by atoms with Crippen molar-refractivity contribution in [3.05, 3.63) is 33.8 Å². The molecule has 2 rings (SSSR count). The molecule has 1 saturated heterocycles. The molecule has 1 aliphatic heterocycles. The zero-order valence-corrected chi connectivity index (χ0v) is 14.9. The van der Waals surface area contributed by atoms with E-state index in [-0.39, 0.29) is 0 Å². The van der Waals surface area contributed by atoms with Crippen molar-refractivity contribution in [1.29, 1.82) is 0 Å². The van der Waals surface area contributed by atoms with Gasteiger partial charge in [0.15, 0.2) is 0 Å². The van der Waals surface area contributed by atoms with Crippen LogP contribution in [0.4, 0.5) is 0 Å². The Morgan fingerprint density at radius 3 is 2.86 bits per heavy atom. The monoisotopic (exact) mass is 354 g/mol. The van der Waals surface area contributed by atoms with Crippen molar-refractivity contribution in [2.75, 3.05) is 26.8 Å². The summed E-state index contributed by atoms with van der Waals surface area (Å²) >= 11 is 3.72. The fourth-order valence-electron chi connectivity index (χ4n) is 2.60. The van der Waals surface area contributed by atoms with Crippen molar-refractivity contribution >= 4 is 15.9 Å². The first kappa shape index (κ1) is 16.9. The maximum Gasteiger partial charge on any atom is 0.0622 e. The van der Waals surface area contributed by atoms with Gasteiger partial charge >= 0.3 is 0 Å². The molecule has 21 heavy (non-hydrogen) atoms. The molecular formula is C17H27BrN2O. The first-order valence-corrected chi connectivity index (χ1v) is 8.61. The van der Waals surface area contributed by atoms with Crippen LogP contribution in [0.15, 0.2) is 22.7 Å². The molecule has 4 heteroatoms. The minimum Gasteiger partial charge on any atom is -0.380 e. The van der Waals surface area contributed by atoms with Crippen molar-refractivity contribution in [1.82, 2.24) is 10.2 Å². The molecule has 1 fully saturated rings. The number of hydrogen-bond donors (Lipinski definition) is 1. The maximum atomic E-state index is 5.47. The smallest absolute Gasteiger partial charge is 0.0622 e. The lowest BCUT2D eigenvalue weighted by Gasteiger charge is -2.23. The maximum absolute atomic E-state index is 5.47. The van der Waals surface area contributed by atoms with E-state index in [2.05, 4.69) is 65.2 Å². The van der Waals surface area contributed by atoms with Crippen LogP contribution in [0.5, 0.6) is 0 Å². The van der Waals surface area contributed by atoms with Crippen LogP contribution in [0.3, 0.4) is 0 Å². The average molecular weight is 355 g/mol. The van der Waals surface area contributed by atoms with E-state index in [1.807, 2.05) is 0 Å². The number of halogens is 1. The summed E-state index contributed by atoms with van der Waals surface area (Å²) in [6, 6.07) is 7.26. The molecule has 1 aromatic carbocycles. The number of nitrogens with one attached hydrogen (secondary N) is 1. The predicted molar refractivity (Wildman–Crippen MR) is 91.4 cm³/mol. The van der Waals surface area contributed by atoms with Gasteiger partial charge in [0.2, 0.25) is 0 Å². The minimum atomic E-state index is 0.560. The van der Waals surface area contributed by atoms with Gasteiger partial charge < -0.3 is 10.1 Å². The molecule has 1 atom stereocenters. The second kappa shape index (κ2) is 8.28. The van der Waals surface area contributed by atoms with E-state index in [1.54, 1.807) is 0 Å². The van der Waals surface area contributed by atoms with Gasteiger partial charge in [-0.15, -0.1) is 0 Å². The van der Waals surface area contributed by atoms with Gasteiger partial charge in [-0.2, -0.15) is 0 Å². The Balaban J connectivity index is 1.89. The minimum absolute atomic E-state index is 0.560. The Kier molecular flexibility index (Phi) is 6.68. The first-order valence-electron chi connectivity index (χ1n) is 7.82.